The summed E-state index contributed by atoms with van der Waals surface area (Å²) < 4.78 is 21.8. The van der Waals surface area contributed by atoms with Crippen molar-refractivity contribution in [3.8, 4) is 12.1 Å². The molecule has 42 heavy (non-hydrogen) atoms. The Labute approximate surface area is 252 Å². The molecule has 3 saturated heterocycles. The van der Waals surface area contributed by atoms with Gasteiger partial charge in [-0.05, 0) is 32.4 Å². The van der Waals surface area contributed by atoms with Crippen LogP contribution < -0.4 is 26.0 Å². The number of aromatic nitrogens is 4. The molecule has 1 unspecified atom stereocenters. The predicted octanol–water partition coefficient (Wildman–Crippen LogP) is 3.38. The number of anilines is 4. The number of nitrogens with zero attached hydrogens (tertiary/aromatic N) is 8. The fourth-order valence-electron chi connectivity index (χ4n) is 6.98. The van der Waals surface area contributed by atoms with Crippen molar-refractivity contribution in [3.63, 3.8) is 0 Å². The summed E-state index contributed by atoms with van der Waals surface area (Å²) in [4.78, 5) is 24.8. The average molecular weight is 609 g/mol. The average Bonchev–Trinajstić information content (AvgIpc) is 3.68. The topological polar surface area (TPSA) is 146 Å². The molecule has 11 nitrogen and oxygen atoms in total. The molecular formula is C28H33FN10OS2. The predicted molar refractivity (Wildman–Crippen MR) is 162 cm³/mol. The van der Waals surface area contributed by atoms with Gasteiger partial charge in [0, 0.05) is 61.6 Å². The van der Waals surface area contributed by atoms with Gasteiger partial charge in [-0.3, -0.25) is 4.90 Å². The fraction of sp³-hybridized carbons (Fsp3) is 0.536. The minimum Gasteiger partial charge on any atom is -0.461 e. The molecular weight excluding hydrogens is 576 g/mol. The molecule has 3 aromatic heterocycles. The van der Waals surface area contributed by atoms with E-state index in [0.717, 1.165) is 40.5 Å². The van der Waals surface area contributed by atoms with Crippen molar-refractivity contribution in [1.29, 1.82) is 5.26 Å². The van der Waals surface area contributed by atoms with Gasteiger partial charge in [-0.1, -0.05) is 6.07 Å². The number of thiophene rings is 1. The monoisotopic (exact) mass is 608 g/mol. The highest BCUT2D eigenvalue weighted by atomic mass is 32.2. The first-order chi connectivity index (χ1) is 20.2. The standard InChI is InChI=1S/C28H33FN10OS2/c1-16(18-5-3-7-33-21(18)31)37(2)24-34-25(36-26(35-24)40-14-28-6-4-8-39(28)11-17(29)9-28)38-12-27(13-38)15-41-23-20(27)19(10-30)22(32)42-23/h3,5,7,16-17H,4,6,8-9,11-15,32H2,1-2H3,(H2,31,33)/t16?,17-,28+/m1/s1. The van der Waals surface area contributed by atoms with Crippen molar-refractivity contribution in [2.24, 2.45) is 0 Å². The third-order valence-corrected chi connectivity index (χ3v) is 11.9. The van der Waals surface area contributed by atoms with Crippen molar-refractivity contribution in [2.75, 3.05) is 66.9 Å². The number of nitrogen functional groups attached to an aromatic ring is 2. The summed E-state index contributed by atoms with van der Waals surface area (Å²) in [7, 11) is 1.91. The summed E-state index contributed by atoms with van der Waals surface area (Å²) >= 11 is 3.26. The third kappa shape index (κ3) is 4.32. The molecule has 1 spiro atoms. The Bertz CT molecular complexity index is 1570. The Hall–Kier alpha value is -3.41. The van der Waals surface area contributed by atoms with Gasteiger partial charge in [0.2, 0.25) is 11.9 Å². The molecule has 3 aromatic rings. The lowest BCUT2D eigenvalue weighted by Gasteiger charge is -2.48. The van der Waals surface area contributed by atoms with Gasteiger partial charge in [-0.2, -0.15) is 20.2 Å². The Kier molecular flexibility index (Phi) is 6.59. The molecule has 0 radical (unpaired) electrons. The lowest BCUT2D eigenvalue weighted by molar-refractivity contribution is 0.107. The van der Waals surface area contributed by atoms with Crippen LogP contribution in [0.15, 0.2) is 22.5 Å². The van der Waals surface area contributed by atoms with Crippen LogP contribution in [0.3, 0.4) is 0 Å². The zero-order valence-electron chi connectivity index (χ0n) is 23.6. The van der Waals surface area contributed by atoms with Crippen LogP contribution >= 0.6 is 23.1 Å². The molecule has 3 atom stereocenters. The molecule has 0 saturated carbocycles. The number of thioether (sulfide) groups is 1. The van der Waals surface area contributed by atoms with E-state index in [1.165, 1.54) is 11.3 Å². The van der Waals surface area contributed by atoms with Crippen LogP contribution in [0.5, 0.6) is 6.01 Å². The number of nitriles is 1. The number of hydrogen-bond donors (Lipinski definition) is 2. The molecule has 7 rings (SSSR count). The van der Waals surface area contributed by atoms with E-state index in [-0.39, 0.29) is 23.0 Å². The molecule has 220 valence electrons. The molecule has 0 aliphatic carbocycles. The van der Waals surface area contributed by atoms with Crippen molar-refractivity contribution < 1.29 is 9.13 Å². The molecule has 0 bridgehead atoms. The first-order valence-corrected chi connectivity index (χ1v) is 15.9. The summed E-state index contributed by atoms with van der Waals surface area (Å²) in [5.74, 6) is 2.30. The molecule has 4 N–H and O–H groups in total. The summed E-state index contributed by atoms with van der Waals surface area (Å²) in [5.41, 5.74) is 14.4. The zero-order chi connectivity index (χ0) is 29.2. The van der Waals surface area contributed by atoms with Crippen LogP contribution in [-0.4, -0.2) is 82.1 Å². The molecule has 4 aliphatic heterocycles. The lowest BCUT2D eigenvalue weighted by Crippen LogP contribution is -2.60. The number of fused-ring (bicyclic) bond motifs is 3. The number of hydrogen-bond acceptors (Lipinski definition) is 13. The number of ether oxygens (including phenoxy) is 1. The van der Waals surface area contributed by atoms with Crippen molar-refractivity contribution in [1.82, 2.24) is 24.8 Å². The van der Waals surface area contributed by atoms with Crippen LogP contribution in [0.1, 0.15) is 48.9 Å². The number of alkyl halides is 1. The molecule has 3 fully saturated rings. The Balaban J connectivity index is 1.19. The maximum atomic E-state index is 14.4. The smallest absolute Gasteiger partial charge is 0.323 e. The van der Waals surface area contributed by atoms with Gasteiger partial charge in [-0.25, -0.2) is 9.37 Å². The maximum Gasteiger partial charge on any atom is 0.323 e. The number of rotatable bonds is 7. The van der Waals surface area contributed by atoms with E-state index < -0.39 is 6.17 Å². The number of pyridine rings is 1. The first kappa shape index (κ1) is 27.4. The van der Waals surface area contributed by atoms with E-state index in [1.54, 1.807) is 18.0 Å². The molecule has 14 heteroatoms. The third-order valence-electron chi connectivity index (χ3n) is 9.33. The molecule has 4 aliphatic rings. The van der Waals surface area contributed by atoms with Gasteiger partial charge in [0.15, 0.2) is 0 Å². The van der Waals surface area contributed by atoms with E-state index in [1.807, 2.05) is 31.0 Å². The Morgan fingerprint density at radius 1 is 1.31 bits per heavy atom. The SMILES string of the molecule is CC(c1cccnc1N)N(C)c1nc(OC[C@@]23CCCN2C[C@H](F)C3)nc(N2CC3(CSc4sc(N)c(C#N)c43)C2)n1. The molecule has 7 heterocycles. The van der Waals surface area contributed by atoms with Crippen LogP contribution in [-0.2, 0) is 5.41 Å². The zero-order valence-corrected chi connectivity index (χ0v) is 25.2. The van der Waals surface area contributed by atoms with E-state index in [0.29, 0.717) is 60.9 Å². The van der Waals surface area contributed by atoms with Crippen LogP contribution in [0.2, 0.25) is 0 Å². The summed E-state index contributed by atoms with van der Waals surface area (Å²) in [6, 6.07) is 6.17. The van der Waals surface area contributed by atoms with E-state index >= 15 is 0 Å². The van der Waals surface area contributed by atoms with E-state index in [4.69, 9.17) is 31.2 Å². The first-order valence-electron chi connectivity index (χ1n) is 14.1. The van der Waals surface area contributed by atoms with E-state index in [2.05, 4.69) is 20.9 Å². The van der Waals surface area contributed by atoms with Crippen LogP contribution in [0, 0.1) is 11.3 Å². The fourth-order valence-corrected chi connectivity index (χ4v) is 9.73. The quantitative estimate of drug-likeness (QED) is 0.405. The second-order valence-corrected chi connectivity index (χ2v) is 14.2. The normalized spacial score (nSPS) is 24.7. The largest absolute Gasteiger partial charge is 0.461 e. The highest BCUT2D eigenvalue weighted by Crippen LogP contribution is 2.55. The van der Waals surface area contributed by atoms with Gasteiger partial charge in [-0.15, -0.1) is 23.1 Å². The minimum atomic E-state index is -0.841. The second-order valence-electron chi connectivity index (χ2n) is 11.9. The van der Waals surface area contributed by atoms with Gasteiger partial charge in [0.25, 0.3) is 0 Å². The Morgan fingerprint density at radius 2 is 2.14 bits per heavy atom. The number of nitrogens with two attached hydrogens (primary N) is 2. The highest BCUT2D eigenvalue weighted by Gasteiger charge is 2.53. The highest BCUT2D eigenvalue weighted by molar-refractivity contribution is 8.01. The van der Waals surface area contributed by atoms with Gasteiger partial charge in [0.05, 0.1) is 21.4 Å². The van der Waals surface area contributed by atoms with Crippen LogP contribution in [0.25, 0.3) is 0 Å². The van der Waals surface area contributed by atoms with Gasteiger partial charge in [0.1, 0.15) is 29.7 Å². The second kappa shape index (κ2) is 10.1. The minimum absolute atomic E-state index is 0.167. The number of halogens is 1. The Morgan fingerprint density at radius 3 is 2.93 bits per heavy atom. The van der Waals surface area contributed by atoms with Crippen LogP contribution in [0.4, 0.5) is 27.1 Å². The van der Waals surface area contributed by atoms with Crippen molar-refractivity contribution >= 4 is 45.8 Å². The summed E-state index contributed by atoms with van der Waals surface area (Å²) in [6.07, 6.45) is 3.22. The molecule has 0 amide bonds. The maximum absolute atomic E-state index is 14.4. The van der Waals surface area contributed by atoms with Gasteiger partial charge >= 0.3 is 6.01 Å². The molecule has 0 aromatic carbocycles. The lowest BCUT2D eigenvalue weighted by atomic mass is 9.75. The summed E-state index contributed by atoms with van der Waals surface area (Å²) in [6.45, 7) is 5.02. The van der Waals surface area contributed by atoms with Crippen molar-refractivity contribution in [3.05, 3.63) is 35.0 Å². The van der Waals surface area contributed by atoms with Crippen molar-refractivity contribution in [2.45, 2.75) is 53.6 Å². The van der Waals surface area contributed by atoms with Gasteiger partial charge < -0.3 is 26.0 Å². The summed E-state index contributed by atoms with van der Waals surface area (Å²) in [5, 5.41) is 10.4. The van der Waals surface area contributed by atoms with E-state index in [9.17, 15) is 9.65 Å².